The number of amides is 2. The van der Waals surface area contributed by atoms with Gasteiger partial charge in [-0.2, -0.15) is 0 Å². The average molecular weight is 572 g/mol. The SMILES string of the molecule is CC[C@H](C)NC(=O)[C@H](C)N(Cc1cccc(Cl)c1)C(=O)CN(c1ccc(OC)cc1)S(=O)(=O)c1ccccc1. The van der Waals surface area contributed by atoms with Crippen molar-refractivity contribution in [2.45, 2.75) is 50.7 Å². The topological polar surface area (TPSA) is 96.0 Å². The number of ether oxygens (including phenoxy) is 1. The molecule has 0 aliphatic carbocycles. The second-order valence-corrected chi connectivity index (χ2v) is 11.5. The third kappa shape index (κ3) is 7.74. The van der Waals surface area contributed by atoms with Crippen molar-refractivity contribution in [1.29, 1.82) is 0 Å². The van der Waals surface area contributed by atoms with E-state index in [1.165, 1.54) is 24.1 Å². The van der Waals surface area contributed by atoms with Crippen molar-refractivity contribution < 1.29 is 22.7 Å². The van der Waals surface area contributed by atoms with Crippen LogP contribution in [0.1, 0.15) is 32.8 Å². The number of hydrogen-bond acceptors (Lipinski definition) is 5. The van der Waals surface area contributed by atoms with Gasteiger partial charge in [-0.3, -0.25) is 13.9 Å². The first-order valence-electron chi connectivity index (χ1n) is 12.6. The highest BCUT2D eigenvalue weighted by molar-refractivity contribution is 7.92. The fraction of sp³-hybridized carbons (Fsp3) is 0.310. The Morgan fingerprint density at radius 3 is 2.23 bits per heavy atom. The molecule has 0 fully saturated rings. The Balaban J connectivity index is 2.02. The predicted octanol–water partition coefficient (Wildman–Crippen LogP) is 4.88. The van der Waals surface area contributed by atoms with Crippen LogP contribution in [0.4, 0.5) is 5.69 Å². The van der Waals surface area contributed by atoms with E-state index in [9.17, 15) is 18.0 Å². The average Bonchev–Trinajstić information content (AvgIpc) is 2.94. The molecule has 0 aliphatic heterocycles. The highest BCUT2D eigenvalue weighted by Crippen LogP contribution is 2.26. The molecule has 3 rings (SSSR count). The van der Waals surface area contributed by atoms with Crippen molar-refractivity contribution in [3.63, 3.8) is 0 Å². The van der Waals surface area contributed by atoms with E-state index in [4.69, 9.17) is 16.3 Å². The van der Waals surface area contributed by atoms with Crippen molar-refractivity contribution in [1.82, 2.24) is 10.2 Å². The van der Waals surface area contributed by atoms with Crippen molar-refractivity contribution in [3.8, 4) is 5.75 Å². The number of hydrogen-bond donors (Lipinski definition) is 1. The molecule has 0 aromatic heterocycles. The number of methoxy groups -OCH3 is 1. The number of halogens is 1. The first-order chi connectivity index (χ1) is 18.6. The minimum atomic E-state index is -4.13. The third-order valence-electron chi connectivity index (χ3n) is 6.38. The zero-order valence-corrected chi connectivity index (χ0v) is 24.1. The molecule has 0 unspecified atom stereocenters. The van der Waals surface area contributed by atoms with E-state index in [2.05, 4.69) is 5.32 Å². The minimum absolute atomic E-state index is 0.0394. The lowest BCUT2D eigenvalue weighted by molar-refractivity contribution is -0.139. The van der Waals surface area contributed by atoms with E-state index in [0.717, 1.165) is 10.7 Å². The van der Waals surface area contributed by atoms with Crippen LogP contribution in [0.15, 0.2) is 83.8 Å². The van der Waals surface area contributed by atoms with Crippen LogP contribution >= 0.6 is 11.6 Å². The maximum absolute atomic E-state index is 13.9. The van der Waals surface area contributed by atoms with Crippen molar-refractivity contribution in [2.75, 3.05) is 18.0 Å². The molecular formula is C29H34ClN3O5S. The molecule has 0 bridgehead atoms. The van der Waals surface area contributed by atoms with Gasteiger partial charge in [-0.05, 0) is 74.4 Å². The molecule has 10 heteroatoms. The number of carbonyl (C=O) groups excluding carboxylic acids is 2. The van der Waals surface area contributed by atoms with Gasteiger partial charge in [0.25, 0.3) is 10.0 Å². The minimum Gasteiger partial charge on any atom is -0.497 e. The van der Waals surface area contributed by atoms with Crippen LogP contribution in [-0.2, 0) is 26.2 Å². The molecule has 3 aromatic rings. The molecule has 0 saturated carbocycles. The third-order valence-corrected chi connectivity index (χ3v) is 8.40. The van der Waals surface area contributed by atoms with Crippen molar-refractivity contribution in [2.24, 2.45) is 0 Å². The van der Waals surface area contributed by atoms with E-state index in [-0.39, 0.29) is 29.1 Å². The number of nitrogens with zero attached hydrogens (tertiary/aromatic N) is 2. The Bertz CT molecular complexity index is 1370. The fourth-order valence-electron chi connectivity index (χ4n) is 3.88. The molecular weight excluding hydrogens is 538 g/mol. The van der Waals surface area contributed by atoms with Gasteiger partial charge >= 0.3 is 0 Å². The quantitative estimate of drug-likeness (QED) is 0.334. The largest absolute Gasteiger partial charge is 0.497 e. The number of sulfonamides is 1. The summed E-state index contributed by atoms with van der Waals surface area (Å²) < 4.78 is 33.8. The summed E-state index contributed by atoms with van der Waals surface area (Å²) in [5.74, 6) is -0.334. The Morgan fingerprint density at radius 2 is 1.64 bits per heavy atom. The molecule has 2 amide bonds. The summed E-state index contributed by atoms with van der Waals surface area (Å²) in [4.78, 5) is 28.4. The van der Waals surface area contributed by atoms with Crippen LogP contribution in [0.5, 0.6) is 5.75 Å². The normalized spacial score (nSPS) is 12.7. The van der Waals surface area contributed by atoms with Gasteiger partial charge in [-0.25, -0.2) is 8.42 Å². The molecule has 3 aromatic carbocycles. The lowest BCUT2D eigenvalue weighted by Crippen LogP contribution is -2.52. The standard InChI is InChI=1S/C29H34ClN3O5S/c1-5-21(2)31-29(35)22(3)32(19-23-10-9-11-24(30)18-23)28(34)20-33(25-14-16-26(38-4)17-15-25)39(36,37)27-12-7-6-8-13-27/h6-18,21-22H,5,19-20H2,1-4H3,(H,31,35)/t21-,22-/m0/s1. The lowest BCUT2D eigenvalue weighted by Gasteiger charge is -2.32. The Kier molecular flexibility index (Phi) is 10.4. The zero-order chi connectivity index (χ0) is 28.6. The fourth-order valence-corrected chi connectivity index (χ4v) is 5.53. The zero-order valence-electron chi connectivity index (χ0n) is 22.5. The van der Waals surface area contributed by atoms with Gasteiger partial charge in [0.15, 0.2) is 0 Å². The summed E-state index contributed by atoms with van der Waals surface area (Å²) in [6.45, 7) is 5.00. The molecule has 1 N–H and O–H groups in total. The number of rotatable bonds is 12. The number of nitrogens with one attached hydrogen (secondary N) is 1. The molecule has 8 nitrogen and oxygen atoms in total. The summed E-state index contributed by atoms with van der Waals surface area (Å²) in [5.41, 5.74) is 0.994. The summed E-state index contributed by atoms with van der Waals surface area (Å²) in [5, 5.41) is 3.40. The highest BCUT2D eigenvalue weighted by atomic mass is 35.5. The summed E-state index contributed by atoms with van der Waals surface area (Å²) >= 11 is 6.17. The molecule has 0 radical (unpaired) electrons. The predicted molar refractivity (Wildman–Crippen MR) is 153 cm³/mol. The molecule has 0 saturated heterocycles. The van der Waals surface area contributed by atoms with E-state index in [0.29, 0.717) is 16.3 Å². The van der Waals surface area contributed by atoms with Gasteiger partial charge in [0.2, 0.25) is 11.8 Å². The Morgan fingerprint density at radius 1 is 0.974 bits per heavy atom. The second-order valence-electron chi connectivity index (χ2n) is 9.17. The van der Waals surface area contributed by atoms with Crippen LogP contribution in [0, 0.1) is 0 Å². The van der Waals surface area contributed by atoms with Gasteiger partial charge < -0.3 is 15.0 Å². The van der Waals surface area contributed by atoms with Crippen LogP contribution < -0.4 is 14.4 Å². The van der Waals surface area contributed by atoms with Gasteiger partial charge in [0.1, 0.15) is 18.3 Å². The lowest BCUT2D eigenvalue weighted by atomic mass is 10.1. The number of benzene rings is 3. The van der Waals surface area contributed by atoms with Crippen LogP contribution in [0.25, 0.3) is 0 Å². The molecule has 39 heavy (non-hydrogen) atoms. The first-order valence-corrected chi connectivity index (χ1v) is 14.4. The molecule has 2 atom stereocenters. The molecule has 0 spiro atoms. The molecule has 0 aliphatic rings. The van der Waals surface area contributed by atoms with Crippen molar-refractivity contribution in [3.05, 3.63) is 89.4 Å². The Labute approximate surface area is 235 Å². The van der Waals surface area contributed by atoms with E-state index in [1.807, 2.05) is 13.8 Å². The second kappa shape index (κ2) is 13.5. The molecule has 0 heterocycles. The number of anilines is 1. The van der Waals surface area contributed by atoms with Crippen LogP contribution in [-0.4, -0.2) is 50.9 Å². The van der Waals surface area contributed by atoms with E-state index in [1.54, 1.807) is 73.7 Å². The summed E-state index contributed by atoms with van der Waals surface area (Å²) in [6, 6.07) is 20.3. The van der Waals surface area contributed by atoms with E-state index < -0.39 is 28.5 Å². The smallest absolute Gasteiger partial charge is 0.264 e. The molecule has 208 valence electrons. The van der Waals surface area contributed by atoms with Crippen LogP contribution in [0.3, 0.4) is 0 Å². The van der Waals surface area contributed by atoms with Gasteiger partial charge in [0, 0.05) is 17.6 Å². The maximum atomic E-state index is 13.9. The van der Waals surface area contributed by atoms with Gasteiger partial charge in [0.05, 0.1) is 17.7 Å². The van der Waals surface area contributed by atoms with Crippen molar-refractivity contribution >= 4 is 39.1 Å². The van der Waals surface area contributed by atoms with Gasteiger partial charge in [-0.1, -0.05) is 48.9 Å². The first kappa shape index (κ1) is 30.0. The summed E-state index contributed by atoms with van der Waals surface area (Å²) in [7, 11) is -2.62. The number of carbonyl (C=O) groups is 2. The van der Waals surface area contributed by atoms with E-state index >= 15 is 0 Å². The van der Waals surface area contributed by atoms with Gasteiger partial charge in [-0.15, -0.1) is 0 Å². The monoisotopic (exact) mass is 571 g/mol. The van der Waals surface area contributed by atoms with Crippen LogP contribution in [0.2, 0.25) is 5.02 Å². The highest BCUT2D eigenvalue weighted by Gasteiger charge is 2.32. The maximum Gasteiger partial charge on any atom is 0.264 e. The summed E-state index contributed by atoms with van der Waals surface area (Å²) in [6.07, 6.45) is 0.723. The Hall–Kier alpha value is -3.56.